The standard InChI is InChI=1S/C11H15IN4/c1-4-9(12)11(16-8-13)10(15-5-2)6-7-14-3/h4-8,15H,1-2H2,3H3,(H2,13,16)/b10-6?,11-9+,14-7?. The van der Waals surface area contributed by atoms with E-state index in [4.69, 9.17) is 5.73 Å². The maximum Gasteiger partial charge on any atom is 0.101 e. The van der Waals surface area contributed by atoms with Gasteiger partial charge < -0.3 is 11.1 Å². The molecule has 16 heavy (non-hydrogen) atoms. The molecule has 0 aromatic carbocycles. The molecule has 0 bridgehead atoms. The lowest BCUT2D eigenvalue weighted by Gasteiger charge is -2.08. The minimum Gasteiger partial charge on any atom is -0.390 e. The molecule has 0 saturated carbocycles. The van der Waals surface area contributed by atoms with E-state index in [0.29, 0.717) is 5.70 Å². The molecule has 0 aliphatic rings. The topological polar surface area (TPSA) is 62.8 Å². The third-order valence-corrected chi connectivity index (χ3v) is 2.46. The monoisotopic (exact) mass is 330 g/mol. The quantitative estimate of drug-likeness (QED) is 0.339. The summed E-state index contributed by atoms with van der Waals surface area (Å²) in [6.45, 7) is 7.30. The Bertz CT molecular complexity index is 364. The molecule has 0 atom stereocenters. The lowest BCUT2D eigenvalue weighted by atomic mass is 10.3. The first-order valence-corrected chi connectivity index (χ1v) is 5.55. The molecule has 0 heterocycles. The lowest BCUT2D eigenvalue weighted by molar-refractivity contribution is 1.06. The minimum absolute atomic E-state index is 0.693. The van der Waals surface area contributed by atoms with E-state index in [-0.39, 0.29) is 0 Å². The Hall–Kier alpha value is -1.37. The van der Waals surface area contributed by atoms with Gasteiger partial charge in [-0.05, 0) is 34.9 Å². The van der Waals surface area contributed by atoms with Gasteiger partial charge in [-0.15, -0.1) is 0 Å². The molecule has 86 valence electrons. The summed E-state index contributed by atoms with van der Waals surface area (Å²) >= 11 is 2.13. The number of hydrogen-bond acceptors (Lipinski definition) is 3. The summed E-state index contributed by atoms with van der Waals surface area (Å²) in [4.78, 5) is 7.96. The van der Waals surface area contributed by atoms with Crippen molar-refractivity contribution in [1.82, 2.24) is 5.32 Å². The third kappa shape index (κ3) is 4.92. The van der Waals surface area contributed by atoms with Crippen molar-refractivity contribution in [3.63, 3.8) is 0 Å². The van der Waals surface area contributed by atoms with Crippen molar-refractivity contribution in [2.75, 3.05) is 7.05 Å². The average Bonchev–Trinajstić information content (AvgIpc) is 2.31. The van der Waals surface area contributed by atoms with E-state index in [1.165, 1.54) is 6.34 Å². The zero-order chi connectivity index (χ0) is 12.4. The van der Waals surface area contributed by atoms with Gasteiger partial charge in [0, 0.05) is 16.8 Å². The number of nitrogens with zero attached hydrogens (tertiary/aromatic N) is 2. The van der Waals surface area contributed by atoms with Crippen LogP contribution in [0, 0.1) is 0 Å². The highest BCUT2D eigenvalue weighted by molar-refractivity contribution is 14.1. The second-order valence-electron chi connectivity index (χ2n) is 2.51. The van der Waals surface area contributed by atoms with Crippen molar-refractivity contribution in [2.24, 2.45) is 15.7 Å². The Balaban J connectivity index is 5.43. The fraction of sp³-hybridized carbons (Fsp3) is 0.0909. The number of rotatable bonds is 6. The van der Waals surface area contributed by atoms with E-state index in [1.807, 2.05) is 0 Å². The van der Waals surface area contributed by atoms with Crippen molar-refractivity contribution in [3.05, 3.63) is 46.5 Å². The highest BCUT2D eigenvalue weighted by Gasteiger charge is 2.05. The van der Waals surface area contributed by atoms with Crippen LogP contribution in [-0.4, -0.2) is 19.6 Å². The number of halogens is 1. The van der Waals surface area contributed by atoms with Gasteiger partial charge in [-0.2, -0.15) is 0 Å². The van der Waals surface area contributed by atoms with E-state index >= 15 is 0 Å². The van der Waals surface area contributed by atoms with Crippen LogP contribution < -0.4 is 11.1 Å². The number of nitrogens with one attached hydrogen (secondary N) is 1. The molecule has 0 aromatic heterocycles. The van der Waals surface area contributed by atoms with Crippen LogP contribution in [0.4, 0.5) is 0 Å². The van der Waals surface area contributed by atoms with Gasteiger partial charge in [0.25, 0.3) is 0 Å². The molecule has 3 N–H and O–H groups in total. The Morgan fingerprint density at radius 2 is 2.12 bits per heavy atom. The first-order valence-electron chi connectivity index (χ1n) is 4.48. The van der Waals surface area contributed by atoms with Crippen LogP contribution in [0.3, 0.4) is 0 Å². The van der Waals surface area contributed by atoms with Crippen molar-refractivity contribution < 1.29 is 0 Å². The van der Waals surface area contributed by atoms with Gasteiger partial charge in [0.05, 0.1) is 12.0 Å². The summed E-state index contributed by atoms with van der Waals surface area (Å²) in [5, 5.41) is 2.97. The second kappa shape index (κ2) is 8.90. The van der Waals surface area contributed by atoms with Gasteiger partial charge in [-0.1, -0.05) is 19.2 Å². The van der Waals surface area contributed by atoms with Crippen LogP contribution in [0.1, 0.15) is 0 Å². The number of aliphatic imine (C=N–C) groups is 2. The SMILES string of the molecule is C=CNC(=CC=NC)/C(N=CN)=C(\I)C=C. The van der Waals surface area contributed by atoms with Crippen LogP contribution in [0.2, 0.25) is 0 Å². The molecule has 4 nitrogen and oxygen atoms in total. The molecule has 0 fully saturated rings. The highest BCUT2D eigenvalue weighted by atomic mass is 127. The van der Waals surface area contributed by atoms with Crippen molar-refractivity contribution in [1.29, 1.82) is 0 Å². The van der Waals surface area contributed by atoms with Gasteiger partial charge in [0.2, 0.25) is 0 Å². The largest absolute Gasteiger partial charge is 0.390 e. The molecular formula is C11H15IN4. The molecule has 0 radical (unpaired) electrons. The number of hydrogen-bond donors (Lipinski definition) is 2. The maximum atomic E-state index is 5.31. The van der Waals surface area contributed by atoms with Gasteiger partial charge >= 0.3 is 0 Å². The summed E-state index contributed by atoms with van der Waals surface area (Å²) < 4.78 is 0.879. The minimum atomic E-state index is 0.693. The van der Waals surface area contributed by atoms with Crippen LogP contribution in [0.25, 0.3) is 0 Å². The normalized spacial score (nSPS) is 14.0. The fourth-order valence-electron chi connectivity index (χ4n) is 0.886. The van der Waals surface area contributed by atoms with E-state index in [0.717, 1.165) is 9.28 Å². The van der Waals surface area contributed by atoms with Crippen LogP contribution in [0.5, 0.6) is 0 Å². The fourth-order valence-corrected chi connectivity index (χ4v) is 1.32. The van der Waals surface area contributed by atoms with Crippen molar-refractivity contribution in [2.45, 2.75) is 0 Å². The van der Waals surface area contributed by atoms with Gasteiger partial charge in [-0.25, -0.2) is 4.99 Å². The average molecular weight is 330 g/mol. The number of nitrogens with two attached hydrogens (primary N) is 1. The third-order valence-electron chi connectivity index (χ3n) is 1.51. The highest BCUT2D eigenvalue weighted by Crippen LogP contribution is 2.20. The molecule has 0 spiro atoms. The molecule has 0 aliphatic heterocycles. The summed E-state index contributed by atoms with van der Waals surface area (Å²) in [6, 6.07) is 0. The van der Waals surface area contributed by atoms with E-state index in [2.05, 4.69) is 51.1 Å². The zero-order valence-corrected chi connectivity index (χ0v) is 11.3. The predicted molar refractivity (Wildman–Crippen MR) is 79.8 cm³/mol. The maximum absolute atomic E-state index is 5.31. The van der Waals surface area contributed by atoms with Crippen molar-refractivity contribution in [3.8, 4) is 0 Å². The Kier molecular flexibility index (Phi) is 8.14. The van der Waals surface area contributed by atoms with Crippen molar-refractivity contribution >= 4 is 35.1 Å². The molecule has 0 unspecified atom stereocenters. The van der Waals surface area contributed by atoms with E-state index in [1.54, 1.807) is 31.6 Å². The summed E-state index contributed by atoms with van der Waals surface area (Å²) in [5.41, 5.74) is 6.76. The van der Waals surface area contributed by atoms with Crippen LogP contribution in [-0.2, 0) is 0 Å². The zero-order valence-electron chi connectivity index (χ0n) is 9.15. The Labute approximate surface area is 110 Å². The summed E-state index contributed by atoms with van der Waals surface area (Å²) in [5.74, 6) is 0. The lowest BCUT2D eigenvalue weighted by Crippen LogP contribution is -2.08. The molecule has 5 heteroatoms. The van der Waals surface area contributed by atoms with E-state index in [9.17, 15) is 0 Å². The molecule has 0 saturated heterocycles. The summed E-state index contributed by atoms with van der Waals surface area (Å²) in [6.07, 6.45) is 7.94. The van der Waals surface area contributed by atoms with Crippen LogP contribution in [0.15, 0.2) is 56.5 Å². The smallest absolute Gasteiger partial charge is 0.101 e. The molecule has 0 aliphatic carbocycles. The molecular weight excluding hydrogens is 315 g/mol. The predicted octanol–water partition coefficient (Wildman–Crippen LogP) is 2.12. The number of allylic oxidation sites excluding steroid dienone is 3. The summed E-state index contributed by atoms with van der Waals surface area (Å²) in [7, 11) is 1.69. The molecule has 0 amide bonds. The van der Waals surface area contributed by atoms with Gasteiger partial charge in [-0.3, -0.25) is 4.99 Å². The molecule has 0 rings (SSSR count). The Morgan fingerprint density at radius 1 is 1.44 bits per heavy atom. The van der Waals surface area contributed by atoms with E-state index < -0.39 is 0 Å². The first kappa shape index (κ1) is 14.6. The first-order chi connectivity index (χ1) is 7.71. The molecule has 0 aromatic rings. The second-order valence-corrected chi connectivity index (χ2v) is 3.68. The van der Waals surface area contributed by atoms with Crippen LogP contribution >= 0.6 is 22.6 Å². The van der Waals surface area contributed by atoms with Gasteiger partial charge in [0.1, 0.15) is 5.70 Å². The Morgan fingerprint density at radius 3 is 2.56 bits per heavy atom. The van der Waals surface area contributed by atoms with Gasteiger partial charge in [0.15, 0.2) is 0 Å².